The first-order valence-electron chi connectivity index (χ1n) is 10.2. The number of aryl methyl sites for hydroxylation is 2. The number of nitrogens with zero attached hydrogens (tertiary/aromatic N) is 5. The smallest absolute Gasteiger partial charge is 0.270 e. The third-order valence-electron chi connectivity index (χ3n) is 5.04. The quantitative estimate of drug-likeness (QED) is 0.188. The van der Waals surface area contributed by atoms with Crippen LogP contribution in [-0.2, 0) is 11.3 Å². The van der Waals surface area contributed by atoms with E-state index in [0.29, 0.717) is 35.2 Å². The largest absolute Gasteiger partial charge is 0.337 e. The van der Waals surface area contributed by atoms with Crippen LogP contribution in [0.5, 0.6) is 0 Å². The van der Waals surface area contributed by atoms with Crippen LogP contribution in [0.1, 0.15) is 17.5 Å². The third kappa shape index (κ3) is 5.27. The molecule has 8 nitrogen and oxygen atoms in total. The molecule has 2 heterocycles. The Bertz CT molecular complexity index is 1290. The minimum absolute atomic E-state index is 0.0296. The van der Waals surface area contributed by atoms with Gasteiger partial charge in [0.25, 0.3) is 11.6 Å². The van der Waals surface area contributed by atoms with Gasteiger partial charge in [0, 0.05) is 43.7 Å². The van der Waals surface area contributed by atoms with Gasteiger partial charge in [-0.25, -0.2) is 9.97 Å². The molecule has 1 amide bonds. The Hall–Kier alpha value is -3.56. The molecule has 0 N–H and O–H groups in total. The zero-order valence-corrected chi connectivity index (χ0v) is 19.3. The number of rotatable bonds is 8. The number of benzene rings is 2. The fraction of sp³-hybridized carbons (Fsp3) is 0.174. The lowest BCUT2D eigenvalue weighted by Crippen LogP contribution is -2.30. The summed E-state index contributed by atoms with van der Waals surface area (Å²) in [5, 5.41) is 12.2. The van der Waals surface area contributed by atoms with Crippen LogP contribution in [0.4, 0.5) is 10.8 Å². The van der Waals surface area contributed by atoms with Crippen LogP contribution in [0.3, 0.4) is 0 Å². The Morgan fingerprint density at radius 1 is 1.33 bits per heavy atom. The van der Waals surface area contributed by atoms with E-state index < -0.39 is 4.92 Å². The van der Waals surface area contributed by atoms with Crippen LogP contribution in [0, 0.1) is 17.0 Å². The number of amides is 1. The number of nitro benzene ring substituents is 1. The monoisotopic (exact) mass is 481 g/mol. The van der Waals surface area contributed by atoms with Crippen molar-refractivity contribution in [1.82, 2.24) is 14.5 Å². The predicted molar refractivity (Wildman–Crippen MR) is 131 cm³/mol. The highest BCUT2D eigenvalue weighted by atomic mass is 35.5. The van der Waals surface area contributed by atoms with Crippen LogP contribution in [0.25, 0.3) is 16.3 Å². The van der Waals surface area contributed by atoms with Gasteiger partial charge in [-0.1, -0.05) is 41.1 Å². The molecule has 2 aromatic carbocycles. The number of hydrogen-bond acceptors (Lipinski definition) is 6. The highest BCUT2D eigenvalue weighted by Crippen LogP contribution is 2.35. The number of nitro groups is 1. The summed E-state index contributed by atoms with van der Waals surface area (Å²) in [6.45, 7) is 3.09. The SMILES string of the molecule is Cc1ccc(Cl)c2sc(N(CCCn3ccnc3)C(=O)/C=C/c3cccc([N+](=O)[O-])c3)nc12. The molecular weight excluding hydrogens is 462 g/mol. The summed E-state index contributed by atoms with van der Waals surface area (Å²) in [5.41, 5.74) is 2.30. The van der Waals surface area contributed by atoms with Crippen LogP contribution in [-0.4, -0.2) is 31.9 Å². The number of imidazole rings is 1. The van der Waals surface area contributed by atoms with Crippen molar-refractivity contribution in [3.8, 4) is 0 Å². The van der Waals surface area contributed by atoms with Crippen molar-refractivity contribution in [2.45, 2.75) is 19.9 Å². The molecule has 0 unspecified atom stereocenters. The maximum absolute atomic E-state index is 13.2. The number of carbonyl (C=O) groups is 1. The minimum Gasteiger partial charge on any atom is -0.337 e. The maximum Gasteiger partial charge on any atom is 0.270 e. The summed E-state index contributed by atoms with van der Waals surface area (Å²) in [5.74, 6) is -0.264. The van der Waals surface area contributed by atoms with E-state index in [4.69, 9.17) is 16.6 Å². The Morgan fingerprint density at radius 3 is 2.91 bits per heavy atom. The molecule has 33 heavy (non-hydrogen) atoms. The first-order valence-corrected chi connectivity index (χ1v) is 11.4. The van der Waals surface area contributed by atoms with E-state index >= 15 is 0 Å². The van der Waals surface area contributed by atoms with Crippen molar-refractivity contribution in [2.75, 3.05) is 11.4 Å². The molecular formula is C23H20ClN5O3S. The van der Waals surface area contributed by atoms with Crippen molar-refractivity contribution in [2.24, 2.45) is 0 Å². The molecule has 0 aliphatic heterocycles. The van der Waals surface area contributed by atoms with Crippen molar-refractivity contribution in [1.29, 1.82) is 0 Å². The van der Waals surface area contributed by atoms with Gasteiger partial charge < -0.3 is 4.57 Å². The van der Waals surface area contributed by atoms with Gasteiger partial charge in [-0.2, -0.15) is 0 Å². The zero-order valence-electron chi connectivity index (χ0n) is 17.7. The van der Waals surface area contributed by atoms with E-state index in [1.807, 2.05) is 29.8 Å². The summed E-state index contributed by atoms with van der Waals surface area (Å²) in [6.07, 6.45) is 8.99. The third-order valence-corrected chi connectivity index (χ3v) is 6.58. The number of fused-ring (bicyclic) bond motifs is 1. The Kier molecular flexibility index (Phi) is 6.81. The molecule has 0 radical (unpaired) electrons. The molecule has 10 heteroatoms. The molecule has 0 saturated carbocycles. The maximum atomic E-state index is 13.2. The number of anilines is 1. The van der Waals surface area contributed by atoms with Crippen molar-refractivity contribution in [3.63, 3.8) is 0 Å². The van der Waals surface area contributed by atoms with Gasteiger partial charge in [-0.3, -0.25) is 19.8 Å². The summed E-state index contributed by atoms with van der Waals surface area (Å²) in [7, 11) is 0. The van der Waals surface area contributed by atoms with E-state index in [2.05, 4.69) is 4.98 Å². The van der Waals surface area contributed by atoms with Crippen LogP contribution >= 0.6 is 22.9 Å². The van der Waals surface area contributed by atoms with Gasteiger partial charge in [0.2, 0.25) is 0 Å². The minimum atomic E-state index is -0.464. The Labute approximate surface area is 198 Å². The van der Waals surface area contributed by atoms with Gasteiger partial charge in [0.15, 0.2) is 5.13 Å². The Balaban J connectivity index is 1.61. The summed E-state index contributed by atoms with van der Waals surface area (Å²) in [6, 6.07) is 9.86. The molecule has 0 spiro atoms. The second kappa shape index (κ2) is 9.93. The number of aromatic nitrogens is 3. The molecule has 4 aromatic rings. The van der Waals surface area contributed by atoms with Crippen molar-refractivity contribution in [3.05, 3.63) is 87.5 Å². The van der Waals surface area contributed by atoms with Crippen LogP contribution in [0.2, 0.25) is 5.02 Å². The number of carbonyl (C=O) groups excluding carboxylic acids is 1. The van der Waals surface area contributed by atoms with Crippen LogP contribution in [0.15, 0.2) is 61.2 Å². The molecule has 2 aromatic heterocycles. The lowest BCUT2D eigenvalue weighted by molar-refractivity contribution is -0.384. The van der Waals surface area contributed by atoms with Crippen LogP contribution < -0.4 is 4.90 Å². The standard InChI is InChI=1S/C23H20ClN5O3S/c1-16-6-8-19(24)22-21(16)26-23(33-22)28(12-3-11-27-13-10-25-15-27)20(30)9-7-17-4-2-5-18(14-17)29(31)32/h2,4-10,13-15H,3,11-12H2,1H3/b9-7+. The highest BCUT2D eigenvalue weighted by molar-refractivity contribution is 7.23. The summed E-state index contributed by atoms with van der Waals surface area (Å²) < 4.78 is 2.78. The number of non-ortho nitro benzene ring substituents is 1. The normalized spacial score (nSPS) is 11.3. The van der Waals surface area contributed by atoms with Gasteiger partial charge in [-0.15, -0.1) is 0 Å². The molecule has 0 saturated heterocycles. The molecule has 168 valence electrons. The lowest BCUT2D eigenvalue weighted by atomic mass is 10.2. The van der Waals surface area contributed by atoms with Crippen molar-refractivity contribution < 1.29 is 9.72 Å². The number of thiazole rings is 1. The van der Waals surface area contributed by atoms with E-state index in [0.717, 1.165) is 15.8 Å². The topological polar surface area (TPSA) is 94.2 Å². The van der Waals surface area contributed by atoms with Gasteiger partial charge in [0.1, 0.15) is 0 Å². The zero-order chi connectivity index (χ0) is 23.4. The molecule has 0 aliphatic carbocycles. The molecule has 0 atom stereocenters. The van der Waals surface area contributed by atoms with E-state index in [-0.39, 0.29) is 11.6 Å². The highest BCUT2D eigenvalue weighted by Gasteiger charge is 2.19. The second-order valence-corrected chi connectivity index (χ2v) is 8.75. The van der Waals surface area contributed by atoms with Gasteiger partial charge in [-0.05, 0) is 36.6 Å². The fourth-order valence-corrected chi connectivity index (χ4v) is 4.68. The lowest BCUT2D eigenvalue weighted by Gasteiger charge is -2.18. The second-order valence-electron chi connectivity index (χ2n) is 7.37. The first kappa shape index (κ1) is 22.6. The Morgan fingerprint density at radius 2 is 2.18 bits per heavy atom. The molecule has 0 bridgehead atoms. The fourth-order valence-electron chi connectivity index (χ4n) is 3.34. The summed E-state index contributed by atoms with van der Waals surface area (Å²) >= 11 is 7.74. The average molecular weight is 482 g/mol. The first-order chi connectivity index (χ1) is 15.9. The number of halogens is 1. The molecule has 0 fully saturated rings. The van der Waals surface area contributed by atoms with Gasteiger partial charge in [0.05, 0.1) is 26.5 Å². The predicted octanol–water partition coefficient (Wildman–Crippen LogP) is 5.50. The van der Waals surface area contributed by atoms with Gasteiger partial charge >= 0.3 is 0 Å². The summed E-state index contributed by atoms with van der Waals surface area (Å²) in [4.78, 5) is 34.1. The van der Waals surface area contributed by atoms with E-state index in [1.165, 1.54) is 29.5 Å². The van der Waals surface area contributed by atoms with E-state index in [1.54, 1.807) is 35.6 Å². The molecule has 4 rings (SSSR count). The molecule has 0 aliphatic rings. The average Bonchev–Trinajstić information content (AvgIpc) is 3.48. The van der Waals surface area contributed by atoms with Crippen molar-refractivity contribution >= 4 is 56.0 Å². The number of hydrogen-bond donors (Lipinski definition) is 0. The van der Waals surface area contributed by atoms with E-state index in [9.17, 15) is 14.9 Å².